The molecule has 0 amide bonds. The van der Waals surface area contributed by atoms with E-state index in [0.29, 0.717) is 30.4 Å². The molecule has 0 spiro atoms. The van der Waals surface area contributed by atoms with E-state index in [1.807, 2.05) is 0 Å². The molecular formula is C16H15F2NO4S. The molecular weight excluding hydrogens is 340 g/mol. The van der Waals surface area contributed by atoms with Gasteiger partial charge in [-0.3, -0.25) is 0 Å². The zero-order chi connectivity index (χ0) is 17.3. The minimum absolute atomic E-state index is 0.319. The summed E-state index contributed by atoms with van der Waals surface area (Å²) in [5.74, 6) is -1.23. The topological polar surface area (TPSA) is 75.6 Å². The van der Waals surface area contributed by atoms with Crippen LogP contribution in [-0.2, 0) is 16.4 Å². The lowest BCUT2D eigenvalue weighted by molar-refractivity contribution is 0.182. The molecule has 5 nitrogen and oxygen atoms in total. The molecule has 0 fully saturated rings. The van der Waals surface area contributed by atoms with E-state index in [1.165, 1.54) is 0 Å². The molecule has 2 N–H and O–H groups in total. The van der Waals surface area contributed by atoms with Crippen molar-refractivity contribution < 1.29 is 27.0 Å². The highest BCUT2D eigenvalue weighted by Gasteiger charge is 2.20. The van der Waals surface area contributed by atoms with Crippen LogP contribution in [0.25, 0.3) is 0 Å². The number of fused-ring (bicyclic) bond motifs is 1. The fourth-order valence-corrected chi connectivity index (χ4v) is 3.57. The minimum Gasteiger partial charge on any atom is -0.493 e. The van der Waals surface area contributed by atoms with E-state index in [1.54, 1.807) is 18.2 Å². The largest absolute Gasteiger partial charge is 0.493 e. The van der Waals surface area contributed by atoms with Crippen molar-refractivity contribution in [1.29, 1.82) is 0 Å². The maximum absolute atomic E-state index is 13.2. The van der Waals surface area contributed by atoms with E-state index in [0.717, 1.165) is 17.7 Å². The molecule has 1 aliphatic rings. The molecule has 3 rings (SSSR count). The number of nitrogens with one attached hydrogen (secondary N) is 1. The van der Waals surface area contributed by atoms with Gasteiger partial charge in [0.2, 0.25) is 10.0 Å². The van der Waals surface area contributed by atoms with Crippen LogP contribution < -0.4 is 9.46 Å². The van der Waals surface area contributed by atoms with Crippen molar-refractivity contribution in [2.45, 2.75) is 17.4 Å². The average Bonchev–Trinajstić information content (AvgIpc) is 2.99. The molecule has 0 saturated carbocycles. The number of aliphatic hydroxyl groups is 1. The Morgan fingerprint density at radius 2 is 1.88 bits per heavy atom. The predicted molar refractivity (Wildman–Crippen MR) is 82.1 cm³/mol. The molecule has 8 heteroatoms. The van der Waals surface area contributed by atoms with Gasteiger partial charge in [0, 0.05) is 19.0 Å². The van der Waals surface area contributed by atoms with Crippen LogP contribution in [0.1, 0.15) is 17.2 Å². The Kier molecular flexibility index (Phi) is 4.53. The van der Waals surface area contributed by atoms with Crippen molar-refractivity contribution in [3.63, 3.8) is 0 Å². The summed E-state index contributed by atoms with van der Waals surface area (Å²) in [4.78, 5) is -0.533. The summed E-state index contributed by atoms with van der Waals surface area (Å²) >= 11 is 0. The molecule has 24 heavy (non-hydrogen) atoms. The van der Waals surface area contributed by atoms with Gasteiger partial charge in [-0.05, 0) is 35.4 Å². The highest BCUT2D eigenvalue weighted by Crippen LogP contribution is 2.28. The first-order chi connectivity index (χ1) is 11.3. The Hall–Kier alpha value is -2.03. The highest BCUT2D eigenvalue weighted by molar-refractivity contribution is 7.89. The lowest BCUT2D eigenvalue weighted by Gasteiger charge is -2.14. The first-order valence-electron chi connectivity index (χ1n) is 7.24. The van der Waals surface area contributed by atoms with Crippen LogP contribution in [0.3, 0.4) is 0 Å². The second kappa shape index (κ2) is 6.46. The summed E-state index contributed by atoms with van der Waals surface area (Å²) in [6.07, 6.45) is -0.367. The molecule has 0 radical (unpaired) electrons. The summed E-state index contributed by atoms with van der Waals surface area (Å²) < 4.78 is 58.0. The molecule has 0 saturated heterocycles. The highest BCUT2D eigenvalue weighted by atomic mass is 32.2. The molecule has 2 aromatic carbocycles. The summed E-state index contributed by atoms with van der Waals surface area (Å²) in [5, 5.41) is 10.2. The summed E-state index contributed by atoms with van der Waals surface area (Å²) in [6.45, 7) is 0.257. The van der Waals surface area contributed by atoms with Crippen LogP contribution in [0.4, 0.5) is 8.78 Å². The number of ether oxygens (including phenoxy) is 1. The Labute approximate surface area is 137 Å². The predicted octanol–water partition coefficient (Wildman–Crippen LogP) is 1.91. The number of rotatable bonds is 5. The van der Waals surface area contributed by atoms with Gasteiger partial charge in [-0.1, -0.05) is 6.07 Å². The number of hydrogen-bond acceptors (Lipinski definition) is 4. The summed E-state index contributed by atoms with van der Waals surface area (Å²) in [6, 6.07) is 7.13. The molecule has 1 heterocycles. The average molecular weight is 355 g/mol. The monoisotopic (exact) mass is 355 g/mol. The van der Waals surface area contributed by atoms with Crippen molar-refractivity contribution >= 4 is 10.0 Å². The molecule has 128 valence electrons. The molecule has 0 aromatic heterocycles. The molecule has 1 aliphatic heterocycles. The van der Waals surface area contributed by atoms with E-state index in [9.17, 15) is 22.3 Å². The van der Waals surface area contributed by atoms with Crippen LogP contribution in [0.2, 0.25) is 0 Å². The third-order valence-electron chi connectivity index (χ3n) is 3.71. The van der Waals surface area contributed by atoms with Gasteiger partial charge in [-0.15, -0.1) is 0 Å². The molecule has 1 atom stereocenters. The van der Waals surface area contributed by atoms with Gasteiger partial charge >= 0.3 is 0 Å². The van der Waals surface area contributed by atoms with Crippen molar-refractivity contribution in [3.05, 3.63) is 59.2 Å². The van der Waals surface area contributed by atoms with Crippen LogP contribution in [0.5, 0.6) is 5.75 Å². The summed E-state index contributed by atoms with van der Waals surface area (Å²) in [5.41, 5.74) is 1.48. The van der Waals surface area contributed by atoms with E-state index >= 15 is 0 Å². The number of sulfonamides is 1. The van der Waals surface area contributed by atoms with Gasteiger partial charge in [0.25, 0.3) is 0 Å². The normalized spacial score (nSPS) is 15.0. The lowest BCUT2D eigenvalue weighted by Crippen LogP contribution is -2.28. The minimum atomic E-state index is -4.13. The Morgan fingerprint density at radius 1 is 1.17 bits per heavy atom. The molecule has 0 aliphatic carbocycles. The first-order valence-corrected chi connectivity index (χ1v) is 8.73. The van der Waals surface area contributed by atoms with Gasteiger partial charge in [0.05, 0.1) is 17.6 Å². The van der Waals surface area contributed by atoms with Gasteiger partial charge in [-0.25, -0.2) is 21.9 Å². The number of aliphatic hydroxyl groups excluding tert-OH is 1. The maximum Gasteiger partial charge on any atom is 0.240 e. The third kappa shape index (κ3) is 3.55. The third-order valence-corrected chi connectivity index (χ3v) is 5.11. The standard InChI is InChI=1S/C16H15F2NO4S/c17-12-6-13(18)8-14(7-12)24(21,22)19-9-15(20)10-1-2-16-11(5-10)3-4-23-16/h1-2,5-8,15,19-20H,3-4,9H2. The smallest absolute Gasteiger partial charge is 0.240 e. The maximum atomic E-state index is 13.2. The van der Waals surface area contributed by atoms with Gasteiger partial charge in [0.15, 0.2) is 0 Å². The molecule has 2 aromatic rings. The Bertz CT molecular complexity index is 850. The van der Waals surface area contributed by atoms with Crippen LogP contribution in [-0.4, -0.2) is 26.7 Å². The van der Waals surface area contributed by atoms with E-state index in [2.05, 4.69) is 4.72 Å². The van der Waals surface area contributed by atoms with Gasteiger partial charge in [-0.2, -0.15) is 0 Å². The van der Waals surface area contributed by atoms with E-state index in [-0.39, 0.29) is 6.54 Å². The number of benzene rings is 2. The van der Waals surface area contributed by atoms with Gasteiger partial charge in [0.1, 0.15) is 17.4 Å². The quantitative estimate of drug-likeness (QED) is 0.859. The van der Waals surface area contributed by atoms with Crippen molar-refractivity contribution in [2.75, 3.05) is 13.2 Å². The van der Waals surface area contributed by atoms with Crippen molar-refractivity contribution in [1.82, 2.24) is 4.72 Å². The first kappa shape index (κ1) is 16.8. The Morgan fingerprint density at radius 3 is 2.58 bits per heavy atom. The van der Waals surface area contributed by atoms with Crippen LogP contribution >= 0.6 is 0 Å². The second-order valence-corrected chi connectivity index (χ2v) is 7.21. The van der Waals surface area contributed by atoms with E-state index < -0.39 is 32.7 Å². The summed E-state index contributed by atoms with van der Waals surface area (Å²) in [7, 11) is -4.13. The van der Waals surface area contributed by atoms with Crippen LogP contribution in [0, 0.1) is 11.6 Å². The van der Waals surface area contributed by atoms with Gasteiger partial charge < -0.3 is 9.84 Å². The Balaban J connectivity index is 1.72. The molecule has 1 unspecified atom stereocenters. The van der Waals surface area contributed by atoms with Crippen molar-refractivity contribution in [3.8, 4) is 5.75 Å². The molecule has 0 bridgehead atoms. The van der Waals surface area contributed by atoms with E-state index in [4.69, 9.17) is 4.74 Å². The zero-order valence-corrected chi connectivity index (χ0v) is 13.3. The fourth-order valence-electron chi connectivity index (χ4n) is 2.49. The fraction of sp³-hybridized carbons (Fsp3) is 0.250. The SMILES string of the molecule is O=S(=O)(NCC(O)c1ccc2c(c1)CCO2)c1cc(F)cc(F)c1. The van der Waals surface area contributed by atoms with Crippen molar-refractivity contribution in [2.24, 2.45) is 0 Å². The lowest BCUT2D eigenvalue weighted by atomic mass is 10.0. The number of halogens is 2. The number of hydrogen-bond donors (Lipinski definition) is 2. The zero-order valence-electron chi connectivity index (χ0n) is 12.5. The van der Waals surface area contributed by atoms with Crippen LogP contribution in [0.15, 0.2) is 41.3 Å². The second-order valence-electron chi connectivity index (χ2n) is 5.44.